The first-order valence-corrected chi connectivity index (χ1v) is 8.18. The van der Waals surface area contributed by atoms with Crippen LogP contribution in [0.25, 0.3) is 0 Å². The number of nitrogens with zero attached hydrogens (tertiary/aromatic N) is 2. The van der Waals surface area contributed by atoms with Gasteiger partial charge in [0.1, 0.15) is 11.6 Å². The number of halogens is 2. The highest BCUT2D eigenvalue weighted by molar-refractivity contribution is 6.33. The van der Waals surface area contributed by atoms with E-state index in [0.717, 1.165) is 11.3 Å². The van der Waals surface area contributed by atoms with E-state index in [1.165, 1.54) is 16.8 Å². The van der Waals surface area contributed by atoms with Crippen molar-refractivity contribution in [2.24, 2.45) is 7.05 Å². The molecule has 1 amide bonds. The molecule has 25 heavy (non-hydrogen) atoms. The summed E-state index contributed by atoms with van der Waals surface area (Å²) in [6.07, 6.45) is 3.76. The summed E-state index contributed by atoms with van der Waals surface area (Å²) in [5.74, 6) is 0.0507. The summed E-state index contributed by atoms with van der Waals surface area (Å²) in [7, 11) is 1.70. The standard InChI is InChI=1S/C18H17ClFN3O2/c1-23-11-15(19)17(22-23)18(24)21-9-8-14(16-3-2-10-25-16)12-4-6-13(20)7-5-12/h2-7,10-11,14H,8-9H2,1H3,(H,21,24)/t14-/m1/s1. The first-order valence-electron chi connectivity index (χ1n) is 7.81. The van der Waals surface area contributed by atoms with E-state index in [0.29, 0.717) is 18.0 Å². The zero-order valence-corrected chi connectivity index (χ0v) is 14.3. The van der Waals surface area contributed by atoms with Crippen molar-refractivity contribution < 1.29 is 13.6 Å². The van der Waals surface area contributed by atoms with Gasteiger partial charge in [-0.15, -0.1) is 0 Å². The molecule has 130 valence electrons. The fourth-order valence-corrected chi connectivity index (χ4v) is 2.95. The largest absolute Gasteiger partial charge is 0.469 e. The highest BCUT2D eigenvalue weighted by Gasteiger charge is 2.19. The summed E-state index contributed by atoms with van der Waals surface area (Å²) in [6, 6.07) is 9.94. The van der Waals surface area contributed by atoms with Crippen LogP contribution in [-0.2, 0) is 7.05 Å². The van der Waals surface area contributed by atoms with Crippen molar-refractivity contribution in [1.29, 1.82) is 0 Å². The van der Waals surface area contributed by atoms with Crippen molar-refractivity contribution >= 4 is 17.5 Å². The molecule has 0 aliphatic rings. The SMILES string of the molecule is Cn1cc(Cl)c(C(=O)NCC[C@H](c2ccc(F)cc2)c2ccco2)n1. The lowest BCUT2D eigenvalue weighted by atomic mass is 9.93. The molecule has 5 nitrogen and oxygen atoms in total. The van der Waals surface area contributed by atoms with Gasteiger partial charge in [-0.05, 0) is 36.2 Å². The van der Waals surface area contributed by atoms with Gasteiger partial charge in [-0.1, -0.05) is 23.7 Å². The Balaban J connectivity index is 1.68. The van der Waals surface area contributed by atoms with Crippen molar-refractivity contribution in [3.63, 3.8) is 0 Å². The van der Waals surface area contributed by atoms with E-state index in [-0.39, 0.29) is 23.3 Å². The van der Waals surface area contributed by atoms with Crippen LogP contribution in [0.2, 0.25) is 5.02 Å². The van der Waals surface area contributed by atoms with Crippen LogP contribution in [0.1, 0.15) is 34.2 Å². The molecule has 0 radical (unpaired) electrons. The second-order valence-electron chi connectivity index (χ2n) is 5.66. The van der Waals surface area contributed by atoms with Crippen LogP contribution in [0.5, 0.6) is 0 Å². The second kappa shape index (κ2) is 7.53. The zero-order chi connectivity index (χ0) is 17.8. The van der Waals surface area contributed by atoms with Crippen LogP contribution >= 0.6 is 11.6 Å². The molecular weight excluding hydrogens is 345 g/mol. The Bertz CT molecular complexity index is 844. The molecule has 2 aromatic heterocycles. The molecule has 0 fully saturated rings. The van der Waals surface area contributed by atoms with E-state index in [4.69, 9.17) is 16.0 Å². The minimum absolute atomic E-state index is 0.0879. The number of hydrogen-bond donors (Lipinski definition) is 1. The van der Waals surface area contributed by atoms with Gasteiger partial charge in [0.15, 0.2) is 5.69 Å². The predicted octanol–water partition coefficient (Wildman–Crippen LogP) is 3.76. The lowest BCUT2D eigenvalue weighted by Gasteiger charge is -2.15. The molecule has 3 aromatic rings. The van der Waals surface area contributed by atoms with E-state index < -0.39 is 0 Å². The molecule has 1 aromatic carbocycles. The number of furan rings is 1. The van der Waals surface area contributed by atoms with Crippen molar-refractivity contribution in [2.75, 3.05) is 6.54 Å². The smallest absolute Gasteiger partial charge is 0.273 e. The minimum Gasteiger partial charge on any atom is -0.469 e. The fourth-order valence-electron chi connectivity index (χ4n) is 2.69. The normalized spacial score (nSPS) is 12.1. The number of aryl methyl sites for hydroxylation is 1. The molecule has 0 saturated heterocycles. The van der Waals surface area contributed by atoms with E-state index in [1.54, 1.807) is 37.7 Å². The quantitative estimate of drug-likeness (QED) is 0.727. The van der Waals surface area contributed by atoms with E-state index in [9.17, 15) is 9.18 Å². The number of carbonyl (C=O) groups excluding carboxylic acids is 1. The van der Waals surface area contributed by atoms with E-state index >= 15 is 0 Å². The molecule has 0 unspecified atom stereocenters. The molecular formula is C18H17ClFN3O2. The van der Waals surface area contributed by atoms with Gasteiger partial charge in [-0.3, -0.25) is 9.48 Å². The number of carbonyl (C=O) groups is 1. The van der Waals surface area contributed by atoms with E-state index in [2.05, 4.69) is 10.4 Å². The lowest BCUT2D eigenvalue weighted by molar-refractivity contribution is 0.0947. The molecule has 7 heteroatoms. The summed E-state index contributed by atoms with van der Waals surface area (Å²) in [5, 5.41) is 7.16. The molecule has 3 rings (SSSR count). The van der Waals surface area contributed by atoms with Gasteiger partial charge in [-0.2, -0.15) is 5.10 Å². The molecule has 0 aliphatic carbocycles. The Morgan fingerprint density at radius 3 is 2.72 bits per heavy atom. The van der Waals surface area contributed by atoms with Crippen LogP contribution in [0.4, 0.5) is 4.39 Å². The Hall–Kier alpha value is -2.60. The Kier molecular flexibility index (Phi) is 5.19. The van der Waals surface area contributed by atoms with Crippen molar-refractivity contribution in [1.82, 2.24) is 15.1 Å². The average Bonchev–Trinajstić information content (AvgIpc) is 3.22. The van der Waals surface area contributed by atoms with Gasteiger partial charge in [0.25, 0.3) is 5.91 Å². The fraction of sp³-hybridized carbons (Fsp3) is 0.222. The molecule has 1 N–H and O–H groups in total. The third-order valence-electron chi connectivity index (χ3n) is 3.88. The molecule has 0 aliphatic heterocycles. The Morgan fingerprint density at radius 1 is 1.36 bits per heavy atom. The molecule has 2 heterocycles. The van der Waals surface area contributed by atoms with Gasteiger partial charge in [0.2, 0.25) is 0 Å². The first kappa shape index (κ1) is 17.2. The number of nitrogens with one attached hydrogen (secondary N) is 1. The van der Waals surface area contributed by atoms with Gasteiger partial charge >= 0.3 is 0 Å². The minimum atomic E-state index is -0.331. The maximum absolute atomic E-state index is 13.2. The number of amides is 1. The molecule has 0 bridgehead atoms. The number of rotatable bonds is 6. The molecule has 0 spiro atoms. The zero-order valence-electron chi connectivity index (χ0n) is 13.6. The van der Waals surface area contributed by atoms with Crippen LogP contribution in [-0.4, -0.2) is 22.2 Å². The average molecular weight is 362 g/mol. The molecule has 0 saturated carbocycles. The summed E-state index contributed by atoms with van der Waals surface area (Å²) in [6.45, 7) is 0.397. The number of aromatic nitrogens is 2. The Morgan fingerprint density at radius 2 is 2.12 bits per heavy atom. The maximum atomic E-state index is 13.2. The van der Waals surface area contributed by atoms with Crippen LogP contribution in [0.3, 0.4) is 0 Å². The molecule has 1 atom stereocenters. The lowest BCUT2D eigenvalue weighted by Crippen LogP contribution is -2.26. The van der Waals surface area contributed by atoms with Crippen molar-refractivity contribution in [3.05, 3.63) is 76.7 Å². The summed E-state index contributed by atoms with van der Waals surface area (Å²) in [5.41, 5.74) is 1.11. The van der Waals surface area contributed by atoms with Crippen LogP contribution in [0, 0.1) is 5.82 Å². The predicted molar refractivity (Wildman–Crippen MR) is 92.1 cm³/mol. The maximum Gasteiger partial charge on any atom is 0.273 e. The van der Waals surface area contributed by atoms with Crippen molar-refractivity contribution in [3.8, 4) is 0 Å². The van der Waals surface area contributed by atoms with Crippen molar-refractivity contribution in [2.45, 2.75) is 12.3 Å². The van der Waals surface area contributed by atoms with Gasteiger partial charge < -0.3 is 9.73 Å². The summed E-state index contributed by atoms with van der Waals surface area (Å²) in [4.78, 5) is 12.2. The van der Waals surface area contributed by atoms with Gasteiger partial charge in [-0.25, -0.2) is 4.39 Å². The Labute approximate surface area is 149 Å². The first-order chi connectivity index (χ1) is 12.0. The topological polar surface area (TPSA) is 60.1 Å². The number of hydrogen-bond acceptors (Lipinski definition) is 3. The highest BCUT2D eigenvalue weighted by Crippen LogP contribution is 2.28. The second-order valence-corrected chi connectivity index (χ2v) is 6.07. The third-order valence-corrected chi connectivity index (χ3v) is 4.15. The monoisotopic (exact) mass is 361 g/mol. The van der Waals surface area contributed by atoms with Crippen LogP contribution < -0.4 is 5.32 Å². The highest BCUT2D eigenvalue weighted by atomic mass is 35.5. The summed E-state index contributed by atoms with van der Waals surface area (Å²) < 4.78 is 20.2. The van der Waals surface area contributed by atoms with Gasteiger partial charge in [0.05, 0.1) is 11.3 Å². The third kappa shape index (κ3) is 4.09. The van der Waals surface area contributed by atoms with E-state index in [1.807, 2.05) is 6.07 Å². The van der Waals surface area contributed by atoms with Crippen LogP contribution in [0.15, 0.2) is 53.3 Å². The number of benzene rings is 1. The summed E-state index contributed by atoms with van der Waals surface area (Å²) >= 11 is 5.98. The van der Waals surface area contributed by atoms with Gasteiger partial charge in [0, 0.05) is 25.7 Å².